The average Bonchev–Trinajstić information content (AvgIpc) is 2.50. The number of hydrogen-bond donors (Lipinski definition) is 3. The third-order valence-corrected chi connectivity index (χ3v) is 2.12. The highest BCUT2D eigenvalue weighted by Crippen LogP contribution is 2.03. The number of hydrogen-bond acceptors (Lipinski definition) is 4. The normalized spacial score (nSPS) is 22.7. The van der Waals surface area contributed by atoms with Crippen LogP contribution in [0.3, 0.4) is 0 Å². The van der Waals surface area contributed by atoms with Crippen molar-refractivity contribution in [2.45, 2.75) is 32.4 Å². The van der Waals surface area contributed by atoms with Crippen LogP contribution in [0.25, 0.3) is 0 Å². The van der Waals surface area contributed by atoms with Crippen LogP contribution in [-0.2, 0) is 14.4 Å². The molecule has 86 valence electrons. The van der Waals surface area contributed by atoms with Crippen LogP contribution in [-0.4, -0.2) is 30.5 Å². The second-order valence-corrected chi connectivity index (χ2v) is 4.07. The van der Waals surface area contributed by atoms with Gasteiger partial charge in [0, 0.05) is 0 Å². The summed E-state index contributed by atoms with van der Waals surface area (Å²) in [7, 11) is 0. The van der Waals surface area contributed by atoms with Crippen molar-refractivity contribution in [2.75, 3.05) is 6.61 Å². The topological polar surface area (TPSA) is 93.5 Å². The van der Waals surface area contributed by atoms with Gasteiger partial charge in [-0.3, -0.25) is 14.4 Å². The van der Waals surface area contributed by atoms with Gasteiger partial charge in [-0.05, 0) is 12.3 Å². The number of amides is 2. The molecule has 1 saturated heterocycles. The van der Waals surface area contributed by atoms with Crippen LogP contribution in [0.4, 0.5) is 0 Å². The summed E-state index contributed by atoms with van der Waals surface area (Å²) in [4.78, 5) is 27.2. The van der Waals surface area contributed by atoms with Gasteiger partial charge < -0.3 is 11.1 Å². The second kappa shape index (κ2) is 5.09. The maximum Gasteiger partial charge on any atom is 0.268 e. The molecule has 6 nitrogen and oxygen atoms in total. The van der Waals surface area contributed by atoms with E-state index in [4.69, 9.17) is 5.73 Å². The largest absolute Gasteiger partial charge is 0.341 e. The fraction of sp³-hybridized carbons (Fsp3) is 0.778. The zero-order chi connectivity index (χ0) is 11.4. The van der Waals surface area contributed by atoms with Gasteiger partial charge >= 0.3 is 0 Å². The van der Waals surface area contributed by atoms with E-state index in [1.165, 1.54) is 0 Å². The van der Waals surface area contributed by atoms with E-state index in [1.807, 2.05) is 13.8 Å². The van der Waals surface area contributed by atoms with Crippen molar-refractivity contribution < 1.29 is 14.4 Å². The first-order chi connectivity index (χ1) is 7.00. The summed E-state index contributed by atoms with van der Waals surface area (Å²) < 4.78 is 0. The Kier molecular flexibility index (Phi) is 4.05. The molecule has 0 saturated carbocycles. The van der Waals surface area contributed by atoms with Crippen LogP contribution in [0.2, 0.25) is 0 Å². The molecule has 1 rings (SSSR count). The predicted molar refractivity (Wildman–Crippen MR) is 53.5 cm³/mol. The lowest BCUT2D eigenvalue weighted by molar-refractivity contribution is -0.129. The van der Waals surface area contributed by atoms with Crippen LogP contribution in [0, 0.1) is 5.92 Å². The fourth-order valence-electron chi connectivity index (χ4n) is 1.34. The summed E-state index contributed by atoms with van der Waals surface area (Å²) >= 11 is 0. The van der Waals surface area contributed by atoms with Gasteiger partial charge in [0.1, 0.15) is 12.6 Å². The summed E-state index contributed by atoms with van der Waals surface area (Å²) in [5.41, 5.74) is 7.82. The molecule has 0 aliphatic carbocycles. The lowest BCUT2D eigenvalue weighted by atomic mass is 10.0. The molecule has 0 bridgehead atoms. The zero-order valence-corrected chi connectivity index (χ0v) is 8.95. The SMILES string of the molecule is CC(C)C[C@H](N)C(=O)N[C@@H]1CONC1=O. The van der Waals surface area contributed by atoms with Crippen LogP contribution >= 0.6 is 0 Å². The van der Waals surface area contributed by atoms with Crippen molar-refractivity contribution >= 4 is 11.8 Å². The van der Waals surface area contributed by atoms with Crippen LogP contribution in [0.5, 0.6) is 0 Å². The van der Waals surface area contributed by atoms with E-state index in [2.05, 4.69) is 15.6 Å². The van der Waals surface area contributed by atoms with E-state index < -0.39 is 12.1 Å². The van der Waals surface area contributed by atoms with Gasteiger partial charge in [-0.25, -0.2) is 5.48 Å². The van der Waals surface area contributed by atoms with Crippen molar-refractivity contribution in [3.63, 3.8) is 0 Å². The quantitative estimate of drug-likeness (QED) is 0.555. The molecule has 2 atom stereocenters. The molecule has 1 aliphatic rings. The number of rotatable bonds is 4. The minimum absolute atomic E-state index is 0.152. The van der Waals surface area contributed by atoms with Gasteiger partial charge in [0.15, 0.2) is 0 Å². The monoisotopic (exact) mass is 215 g/mol. The van der Waals surface area contributed by atoms with E-state index in [0.717, 1.165) is 0 Å². The van der Waals surface area contributed by atoms with Gasteiger partial charge in [-0.1, -0.05) is 13.8 Å². The maximum atomic E-state index is 11.5. The number of hydroxylamine groups is 1. The van der Waals surface area contributed by atoms with Crippen molar-refractivity contribution in [3.05, 3.63) is 0 Å². The summed E-state index contributed by atoms with van der Waals surface area (Å²) in [5, 5.41) is 2.53. The van der Waals surface area contributed by atoms with Gasteiger partial charge in [0.25, 0.3) is 5.91 Å². The van der Waals surface area contributed by atoms with Crippen molar-refractivity contribution in [2.24, 2.45) is 11.7 Å². The van der Waals surface area contributed by atoms with E-state index >= 15 is 0 Å². The minimum atomic E-state index is -0.615. The van der Waals surface area contributed by atoms with Crippen LogP contribution in [0.1, 0.15) is 20.3 Å². The van der Waals surface area contributed by atoms with Crippen LogP contribution in [0.15, 0.2) is 0 Å². The van der Waals surface area contributed by atoms with Crippen molar-refractivity contribution in [3.8, 4) is 0 Å². The molecule has 0 aromatic carbocycles. The number of carbonyl (C=O) groups is 2. The van der Waals surface area contributed by atoms with Crippen LogP contribution < -0.4 is 16.5 Å². The first-order valence-corrected chi connectivity index (χ1v) is 4.98. The van der Waals surface area contributed by atoms with Gasteiger partial charge in [-0.15, -0.1) is 0 Å². The van der Waals surface area contributed by atoms with E-state index in [1.54, 1.807) is 0 Å². The second-order valence-electron chi connectivity index (χ2n) is 4.07. The Morgan fingerprint density at radius 1 is 1.73 bits per heavy atom. The highest BCUT2D eigenvalue weighted by atomic mass is 16.7. The highest BCUT2D eigenvalue weighted by molar-refractivity contribution is 5.90. The molecule has 0 radical (unpaired) electrons. The Morgan fingerprint density at radius 2 is 2.40 bits per heavy atom. The summed E-state index contributed by atoms with van der Waals surface area (Å²) in [6.45, 7) is 4.12. The molecular formula is C9H17N3O3. The van der Waals surface area contributed by atoms with Gasteiger partial charge in [0.05, 0.1) is 6.04 Å². The molecule has 1 fully saturated rings. The average molecular weight is 215 g/mol. The summed E-state index contributed by atoms with van der Waals surface area (Å²) in [5.74, 6) is -0.297. The fourth-order valence-corrected chi connectivity index (χ4v) is 1.34. The Labute approximate surface area is 88.5 Å². The molecule has 2 amide bonds. The number of nitrogens with two attached hydrogens (primary N) is 1. The van der Waals surface area contributed by atoms with E-state index in [-0.39, 0.29) is 18.4 Å². The Bertz CT molecular complexity index is 255. The third kappa shape index (κ3) is 3.49. The Balaban J connectivity index is 2.37. The first kappa shape index (κ1) is 11.9. The maximum absolute atomic E-state index is 11.5. The molecule has 15 heavy (non-hydrogen) atoms. The smallest absolute Gasteiger partial charge is 0.268 e. The molecular weight excluding hydrogens is 198 g/mol. The van der Waals surface area contributed by atoms with Crippen molar-refractivity contribution in [1.82, 2.24) is 10.8 Å². The number of carbonyl (C=O) groups excluding carboxylic acids is 2. The predicted octanol–water partition coefficient (Wildman–Crippen LogP) is -1.09. The molecule has 0 aromatic heterocycles. The Morgan fingerprint density at radius 3 is 2.87 bits per heavy atom. The molecule has 1 aliphatic heterocycles. The van der Waals surface area contributed by atoms with E-state index in [9.17, 15) is 9.59 Å². The molecule has 6 heteroatoms. The van der Waals surface area contributed by atoms with Gasteiger partial charge in [-0.2, -0.15) is 0 Å². The van der Waals surface area contributed by atoms with Crippen molar-refractivity contribution in [1.29, 1.82) is 0 Å². The summed E-state index contributed by atoms with van der Waals surface area (Å²) in [6.07, 6.45) is 0.598. The van der Waals surface area contributed by atoms with Gasteiger partial charge in [0.2, 0.25) is 5.91 Å². The lowest BCUT2D eigenvalue weighted by Crippen LogP contribution is -2.49. The Hall–Kier alpha value is -1.14. The van der Waals surface area contributed by atoms with E-state index in [0.29, 0.717) is 12.3 Å². The molecule has 0 spiro atoms. The highest BCUT2D eigenvalue weighted by Gasteiger charge is 2.28. The first-order valence-electron chi connectivity index (χ1n) is 4.98. The zero-order valence-electron chi connectivity index (χ0n) is 8.95. The molecule has 0 aromatic rings. The minimum Gasteiger partial charge on any atom is -0.341 e. The molecule has 0 unspecified atom stereocenters. The molecule has 4 N–H and O–H groups in total. The third-order valence-electron chi connectivity index (χ3n) is 2.12. The lowest BCUT2D eigenvalue weighted by Gasteiger charge is -2.15. The molecule has 1 heterocycles. The summed E-state index contributed by atoms with van der Waals surface area (Å²) in [6, 6.07) is -1.19. The number of nitrogens with one attached hydrogen (secondary N) is 2. The standard InChI is InChI=1S/C9H17N3O3/c1-5(2)3-6(10)8(13)11-7-4-15-12-9(7)14/h5-7H,3-4,10H2,1-2H3,(H,11,13)(H,12,14)/t6-,7+/m0/s1.